The summed E-state index contributed by atoms with van der Waals surface area (Å²) in [4.78, 5) is 35.4. The molecule has 35 heavy (non-hydrogen) atoms. The van der Waals surface area contributed by atoms with Gasteiger partial charge in [0.15, 0.2) is 0 Å². The lowest BCUT2D eigenvalue weighted by Crippen LogP contribution is -2.49. The number of hydrogen-bond acceptors (Lipinski definition) is 7. The number of piperazine rings is 1. The van der Waals surface area contributed by atoms with E-state index >= 15 is 0 Å². The SMILES string of the molecule is COc1cccc2c(C)cc(N3CCN(C(=O)c4ccc(N5CCCC5)c([N+](=O)[O-])c4)CC3)nc12. The number of pyridine rings is 1. The average molecular weight is 476 g/mol. The normalized spacial score (nSPS) is 16.1. The van der Waals surface area contributed by atoms with E-state index in [4.69, 9.17) is 9.72 Å². The molecule has 0 radical (unpaired) electrons. The molecule has 0 saturated carbocycles. The van der Waals surface area contributed by atoms with Crippen molar-refractivity contribution in [3.05, 3.63) is 63.7 Å². The summed E-state index contributed by atoms with van der Waals surface area (Å²) in [5, 5.41) is 12.8. The molecule has 2 saturated heterocycles. The highest BCUT2D eigenvalue weighted by Crippen LogP contribution is 2.33. The van der Waals surface area contributed by atoms with E-state index in [1.54, 1.807) is 24.1 Å². The molecular weight excluding hydrogens is 446 g/mol. The predicted molar refractivity (Wildman–Crippen MR) is 136 cm³/mol. The Labute approximate surface area is 204 Å². The molecule has 1 aromatic heterocycles. The number of hydrogen-bond donors (Lipinski definition) is 0. The molecule has 0 aliphatic carbocycles. The molecule has 9 nitrogen and oxygen atoms in total. The van der Waals surface area contributed by atoms with Crippen LogP contribution in [0.15, 0.2) is 42.5 Å². The molecule has 0 N–H and O–H groups in total. The van der Waals surface area contributed by atoms with Crippen molar-refractivity contribution in [1.82, 2.24) is 9.88 Å². The molecule has 1 amide bonds. The third-order valence-electron chi connectivity index (χ3n) is 6.97. The van der Waals surface area contributed by atoms with Gasteiger partial charge in [-0.25, -0.2) is 4.98 Å². The minimum atomic E-state index is -0.385. The maximum absolute atomic E-state index is 13.2. The Morgan fingerprint density at radius 3 is 2.43 bits per heavy atom. The highest BCUT2D eigenvalue weighted by Gasteiger charge is 2.27. The van der Waals surface area contributed by atoms with Crippen molar-refractivity contribution in [2.24, 2.45) is 0 Å². The van der Waals surface area contributed by atoms with Crippen LogP contribution in [-0.4, -0.2) is 67.1 Å². The van der Waals surface area contributed by atoms with Crippen molar-refractivity contribution in [3.8, 4) is 5.75 Å². The predicted octanol–water partition coefficient (Wildman–Crippen LogP) is 4.02. The van der Waals surface area contributed by atoms with Gasteiger partial charge in [0, 0.05) is 56.3 Å². The topological polar surface area (TPSA) is 92.0 Å². The molecule has 0 spiro atoms. The Morgan fingerprint density at radius 2 is 1.74 bits per heavy atom. The minimum Gasteiger partial charge on any atom is -0.494 e. The summed E-state index contributed by atoms with van der Waals surface area (Å²) >= 11 is 0. The number of methoxy groups -OCH3 is 1. The van der Waals surface area contributed by atoms with E-state index < -0.39 is 0 Å². The maximum atomic E-state index is 13.2. The van der Waals surface area contributed by atoms with Gasteiger partial charge in [-0.3, -0.25) is 14.9 Å². The maximum Gasteiger partial charge on any atom is 0.293 e. The molecule has 9 heteroatoms. The zero-order chi connectivity index (χ0) is 24.5. The largest absolute Gasteiger partial charge is 0.494 e. The van der Waals surface area contributed by atoms with Crippen LogP contribution < -0.4 is 14.5 Å². The van der Waals surface area contributed by atoms with Crippen LogP contribution in [0.3, 0.4) is 0 Å². The van der Waals surface area contributed by atoms with Crippen LogP contribution in [0.2, 0.25) is 0 Å². The lowest BCUT2D eigenvalue weighted by atomic mass is 10.1. The van der Waals surface area contributed by atoms with E-state index in [1.165, 1.54) is 6.07 Å². The number of aromatic nitrogens is 1. The third kappa shape index (κ3) is 4.34. The number of benzene rings is 2. The fraction of sp³-hybridized carbons (Fsp3) is 0.385. The Kier molecular flexibility index (Phi) is 6.15. The molecule has 182 valence electrons. The van der Waals surface area contributed by atoms with Crippen LogP contribution in [0, 0.1) is 17.0 Å². The molecule has 0 atom stereocenters. The number of nitrogens with zero attached hydrogens (tertiary/aromatic N) is 5. The summed E-state index contributed by atoms with van der Waals surface area (Å²) in [6.07, 6.45) is 2.06. The number of carbonyl (C=O) groups is 1. The zero-order valence-electron chi connectivity index (χ0n) is 20.1. The lowest BCUT2D eigenvalue weighted by molar-refractivity contribution is -0.384. The number of amides is 1. The standard InChI is InChI=1S/C26H29N5O4/c1-18-16-24(27-25-20(18)6-5-7-23(25)35-2)29-12-14-30(15-13-29)26(32)19-8-9-21(22(17-19)31(33)34)28-10-3-4-11-28/h5-9,16-17H,3-4,10-15H2,1-2H3. The van der Waals surface area contributed by atoms with Gasteiger partial charge in [-0.1, -0.05) is 12.1 Å². The number of nitro groups is 1. The lowest BCUT2D eigenvalue weighted by Gasteiger charge is -2.35. The minimum absolute atomic E-state index is 0.00109. The van der Waals surface area contributed by atoms with Gasteiger partial charge in [0.05, 0.1) is 12.0 Å². The number of ether oxygens (including phenoxy) is 1. The molecular formula is C26H29N5O4. The van der Waals surface area contributed by atoms with Crippen LogP contribution >= 0.6 is 0 Å². The fourth-order valence-electron chi connectivity index (χ4n) is 5.05. The first-order chi connectivity index (χ1) is 17.0. The second-order valence-electron chi connectivity index (χ2n) is 9.09. The number of carbonyl (C=O) groups excluding carboxylic acids is 1. The number of aryl methyl sites for hydroxylation is 1. The Hall–Kier alpha value is -3.88. The van der Waals surface area contributed by atoms with Crippen LogP contribution in [0.1, 0.15) is 28.8 Å². The molecule has 2 fully saturated rings. The van der Waals surface area contributed by atoms with Crippen molar-refractivity contribution in [2.75, 3.05) is 56.2 Å². The van der Waals surface area contributed by atoms with Gasteiger partial charge in [0.1, 0.15) is 22.8 Å². The summed E-state index contributed by atoms with van der Waals surface area (Å²) in [6, 6.07) is 12.8. The summed E-state index contributed by atoms with van der Waals surface area (Å²) in [6.45, 7) is 5.98. The van der Waals surface area contributed by atoms with E-state index in [0.717, 1.165) is 54.0 Å². The first kappa shape index (κ1) is 22.9. The van der Waals surface area contributed by atoms with E-state index in [0.29, 0.717) is 37.4 Å². The smallest absolute Gasteiger partial charge is 0.293 e. The number of anilines is 2. The Bertz CT molecular complexity index is 1280. The van der Waals surface area contributed by atoms with Crippen LogP contribution in [-0.2, 0) is 0 Å². The molecule has 0 unspecified atom stereocenters. The first-order valence-corrected chi connectivity index (χ1v) is 12.0. The third-order valence-corrected chi connectivity index (χ3v) is 6.97. The van der Waals surface area contributed by atoms with Crippen molar-refractivity contribution in [3.63, 3.8) is 0 Å². The van der Waals surface area contributed by atoms with Crippen molar-refractivity contribution >= 4 is 34.0 Å². The van der Waals surface area contributed by atoms with Gasteiger partial charge < -0.3 is 19.4 Å². The number of fused-ring (bicyclic) bond motifs is 1. The summed E-state index contributed by atoms with van der Waals surface area (Å²) in [7, 11) is 1.64. The Morgan fingerprint density at radius 1 is 1.00 bits per heavy atom. The monoisotopic (exact) mass is 475 g/mol. The van der Waals surface area contributed by atoms with Crippen LogP contribution in [0.5, 0.6) is 5.75 Å². The van der Waals surface area contributed by atoms with Crippen molar-refractivity contribution < 1.29 is 14.5 Å². The zero-order valence-corrected chi connectivity index (χ0v) is 20.1. The van der Waals surface area contributed by atoms with E-state index in [9.17, 15) is 14.9 Å². The number of para-hydroxylation sites is 1. The summed E-state index contributed by atoms with van der Waals surface area (Å²) in [5.74, 6) is 1.42. The highest BCUT2D eigenvalue weighted by molar-refractivity contribution is 5.96. The van der Waals surface area contributed by atoms with Crippen molar-refractivity contribution in [2.45, 2.75) is 19.8 Å². The van der Waals surface area contributed by atoms with Crippen LogP contribution in [0.4, 0.5) is 17.2 Å². The van der Waals surface area contributed by atoms with E-state index in [-0.39, 0.29) is 16.5 Å². The number of rotatable bonds is 5. The average Bonchev–Trinajstić information content (AvgIpc) is 3.42. The molecule has 2 aromatic carbocycles. The molecule has 5 rings (SSSR count). The quantitative estimate of drug-likeness (QED) is 0.406. The Balaban J connectivity index is 1.32. The highest BCUT2D eigenvalue weighted by atomic mass is 16.6. The van der Waals surface area contributed by atoms with Crippen molar-refractivity contribution in [1.29, 1.82) is 0 Å². The van der Waals surface area contributed by atoms with E-state index in [2.05, 4.69) is 17.9 Å². The second kappa shape index (κ2) is 9.40. The van der Waals surface area contributed by atoms with Gasteiger partial charge in [-0.15, -0.1) is 0 Å². The van der Waals surface area contributed by atoms with E-state index in [1.807, 2.05) is 23.1 Å². The fourth-order valence-corrected chi connectivity index (χ4v) is 5.05. The molecule has 0 bridgehead atoms. The molecule has 2 aliphatic rings. The van der Waals surface area contributed by atoms with Gasteiger partial charge in [-0.2, -0.15) is 0 Å². The second-order valence-corrected chi connectivity index (χ2v) is 9.09. The molecule has 3 aromatic rings. The summed E-state index contributed by atoms with van der Waals surface area (Å²) < 4.78 is 5.50. The van der Waals surface area contributed by atoms with Crippen LogP contribution in [0.25, 0.3) is 10.9 Å². The molecule has 2 aliphatic heterocycles. The van der Waals surface area contributed by atoms with Gasteiger partial charge in [-0.05, 0) is 49.6 Å². The first-order valence-electron chi connectivity index (χ1n) is 12.0. The number of nitro benzene ring substituents is 1. The van der Waals surface area contributed by atoms with Gasteiger partial charge in [0.2, 0.25) is 0 Å². The van der Waals surface area contributed by atoms with Gasteiger partial charge in [0.25, 0.3) is 11.6 Å². The van der Waals surface area contributed by atoms with Gasteiger partial charge >= 0.3 is 0 Å². The summed E-state index contributed by atoms with van der Waals surface area (Å²) in [5.41, 5.74) is 2.91. The molecule has 3 heterocycles.